The van der Waals surface area contributed by atoms with Gasteiger partial charge >= 0.3 is 0 Å². The Labute approximate surface area is 77.4 Å². The molecule has 2 heteroatoms. The van der Waals surface area contributed by atoms with Crippen LogP contribution in [0.2, 0.25) is 0 Å². The summed E-state index contributed by atoms with van der Waals surface area (Å²) >= 11 is 1.28. The van der Waals surface area contributed by atoms with Crippen LogP contribution in [-0.4, -0.2) is 0 Å². The predicted molar refractivity (Wildman–Crippen MR) is 52.7 cm³/mol. The van der Waals surface area contributed by atoms with E-state index in [2.05, 4.69) is 36.6 Å². The third-order valence-corrected chi connectivity index (χ3v) is 2.34. The van der Waals surface area contributed by atoms with Crippen molar-refractivity contribution >= 4 is 11.8 Å². The summed E-state index contributed by atoms with van der Waals surface area (Å²) < 4.78 is 0. The van der Waals surface area contributed by atoms with Gasteiger partial charge in [0.15, 0.2) is 0 Å². The second-order valence-electron chi connectivity index (χ2n) is 2.55. The van der Waals surface area contributed by atoms with Crippen LogP contribution in [-0.2, 0) is 12.2 Å². The van der Waals surface area contributed by atoms with E-state index in [0.29, 0.717) is 0 Å². The fourth-order valence-electron chi connectivity index (χ4n) is 0.987. The molecule has 0 aromatic heterocycles. The second-order valence-corrected chi connectivity index (χ2v) is 3.31. The van der Waals surface area contributed by atoms with E-state index in [0.717, 1.165) is 12.2 Å². The lowest BCUT2D eigenvalue weighted by molar-refractivity contribution is 1.13. The van der Waals surface area contributed by atoms with Crippen molar-refractivity contribution in [1.29, 1.82) is 5.26 Å². The molecule has 0 N–H and O–H groups in total. The summed E-state index contributed by atoms with van der Waals surface area (Å²) in [7, 11) is 0. The standard InChI is InChI=1S/C10H11NS/c1-2-9-3-5-10(6-4-9)7-12-8-11/h3-6H,2,7H2,1H3. The fourth-order valence-corrected chi connectivity index (χ4v) is 1.41. The molecule has 1 nitrogen and oxygen atoms in total. The van der Waals surface area contributed by atoms with E-state index in [1.807, 2.05) is 0 Å². The number of nitriles is 1. The summed E-state index contributed by atoms with van der Waals surface area (Å²) in [6, 6.07) is 8.41. The molecule has 62 valence electrons. The lowest BCUT2D eigenvalue weighted by Gasteiger charge is -1.98. The molecule has 1 aromatic rings. The van der Waals surface area contributed by atoms with Crippen LogP contribution in [0.3, 0.4) is 0 Å². The van der Waals surface area contributed by atoms with E-state index in [-0.39, 0.29) is 0 Å². The lowest BCUT2D eigenvalue weighted by atomic mass is 10.1. The molecule has 0 radical (unpaired) electrons. The van der Waals surface area contributed by atoms with Crippen LogP contribution >= 0.6 is 11.8 Å². The maximum atomic E-state index is 8.34. The molecule has 1 rings (SSSR count). The van der Waals surface area contributed by atoms with Crippen LogP contribution in [0, 0.1) is 10.7 Å². The Bertz CT molecular complexity index is 271. The molecule has 0 aliphatic rings. The van der Waals surface area contributed by atoms with Gasteiger partial charge in [-0.25, -0.2) is 0 Å². The number of nitrogens with zero attached hydrogens (tertiary/aromatic N) is 1. The summed E-state index contributed by atoms with van der Waals surface area (Å²) in [6.07, 6.45) is 1.08. The van der Waals surface area contributed by atoms with E-state index in [9.17, 15) is 0 Å². The molecule has 0 saturated heterocycles. The minimum absolute atomic E-state index is 0.792. The molecule has 0 fully saturated rings. The Morgan fingerprint density at radius 3 is 2.33 bits per heavy atom. The molecule has 0 aliphatic carbocycles. The average molecular weight is 177 g/mol. The Morgan fingerprint density at radius 1 is 1.25 bits per heavy atom. The van der Waals surface area contributed by atoms with Crippen LogP contribution in [0.1, 0.15) is 18.1 Å². The molecule has 0 saturated carbocycles. The van der Waals surface area contributed by atoms with Crippen LogP contribution in [0.4, 0.5) is 0 Å². The number of aryl methyl sites for hydroxylation is 1. The number of thioether (sulfide) groups is 1. The zero-order valence-electron chi connectivity index (χ0n) is 7.08. The number of benzene rings is 1. The van der Waals surface area contributed by atoms with Gasteiger partial charge in [-0.2, -0.15) is 5.26 Å². The van der Waals surface area contributed by atoms with Gasteiger partial charge in [-0.3, -0.25) is 0 Å². The highest BCUT2D eigenvalue weighted by molar-refractivity contribution is 8.02. The quantitative estimate of drug-likeness (QED) is 0.663. The fraction of sp³-hybridized carbons (Fsp3) is 0.300. The van der Waals surface area contributed by atoms with Gasteiger partial charge in [-0.05, 0) is 29.3 Å². The highest BCUT2D eigenvalue weighted by Crippen LogP contribution is 2.11. The highest BCUT2D eigenvalue weighted by atomic mass is 32.2. The molecular formula is C10H11NS. The first-order chi connectivity index (χ1) is 5.86. The topological polar surface area (TPSA) is 23.8 Å². The van der Waals surface area contributed by atoms with Crippen molar-refractivity contribution in [3.8, 4) is 5.40 Å². The highest BCUT2D eigenvalue weighted by Gasteiger charge is 1.92. The van der Waals surface area contributed by atoms with Crippen molar-refractivity contribution in [2.24, 2.45) is 0 Å². The Morgan fingerprint density at radius 2 is 1.83 bits per heavy atom. The van der Waals surface area contributed by atoms with Crippen LogP contribution < -0.4 is 0 Å². The van der Waals surface area contributed by atoms with Gasteiger partial charge in [0.2, 0.25) is 0 Å². The van der Waals surface area contributed by atoms with Crippen molar-refractivity contribution < 1.29 is 0 Å². The summed E-state index contributed by atoms with van der Waals surface area (Å²) in [6.45, 7) is 2.14. The van der Waals surface area contributed by atoms with Crippen LogP contribution in [0.5, 0.6) is 0 Å². The van der Waals surface area contributed by atoms with Crippen molar-refractivity contribution in [1.82, 2.24) is 0 Å². The molecule has 12 heavy (non-hydrogen) atoms. The van der Waals surface area contributed by atoms with E-state index < -0.39 is 0 Å². The van der Waals surface area contributed by atoms with E-state index in [1.54, 1.807) is 0 Å². The summed E-state index contributed by atoms with van der Waals surface area (Å²) in [4.78, 5) is 0. The molecule has 0 unspecified atom stereocenters. The number of hydrogen-bond acceptors (Lipinski definition) is 2. The van der Waals surface area contributed by atoms with E-state index in [1.165, 1.54) is 22.9 Å². The van der Waals surface area contributed by atoms with Gasteiger partial charge in [0.1, 0.15) is 5.40 Å². The third kappa shape index (κ3) is 2.60. The average Bonchev–Trinajstić information content (AvgIpc) is 2.15. The minimum Gasteiger partial charge on any atom is -0.185 e. The first-order valence-corrected chi connectivity index (χ1v) is 4.94. The van der Waals surface area contributed by atoms with Crippen molar-refractivity contribution in [2.75, 3.05) is 0 Å². The smallest absolute Gasteiger partial charge is 0.133 e. The summed E-state index contributed by atoms with van der Waals surface area (Å²) in [5, 5.41) is 10.4. The van der Waals surface area contributed by atoms with Crippen LogP contribution in [0.25, 0.3) is 0 Å². The molecule has 0 aliphatic heterocycles. The monoisotopic (exact) mass is 177 g/mol. The Kier molecular flexibility index (Phi) is 3.69. The maximum absolute atomic E-state index is 8.34. The summed E-state index contributed by atoms with van der Waals surface area (Å²) in [5.74, 6) is 0.792. The zero-order chi connectivity index (χ0) is 8.81. The van der Waals surface area contributed by atoms with Gasteiger partial charge in [0.25, 0.3) is 0 Å². The largest absolute Gasteiger partial charge is 0.185 e. The first kappa shape index (κ1) is 9.15. The third-order valence-electron chi connectivity index (χ3n) is 1.73. The van der Waals surface area contributed by atoms with E-state index >= 15 is 0 Å². The van der Waals surface area contributed by atoms with Gasteiger partial charge in [-0.1, -0.05) is 31.2 Å². The molecule has 0 amide bonds. The lowest BCUT2D eigenvalue weighted by Crippen LogP contribution is -1.82. The molecule has 0 spiro atoms. The van der Waals surface area contributed by atoms with Gasteiger partial charge in [0, 0.05) is 5.75 Å². The predicted octanol–water partition coefficient (Wildman–Crippen LogP) is 2.96. The maximum Gasteiger partial charge on any atom is 0.133 e. The molecule has 1 aromatic carbocycles. The van der Waals surface area contributed by atoms with Crippen molar-refractivity contribution in [2.45, 2.75) is 19.1 Å². The molecule has 0 heterocycles. The first-order valence-electron chi connectivity index (χ1n) is 3.95. The van der Waals surface area contributed by atoms with Crippen LogP contribution in [0.15, 0.2) is 24.3 Å². The number of rotatable bonds is 3. The van der Waals surface area contributed by atoms with Gasteiger partial charge < -0.3 is 0 Å². The normalized spacial score (nSPS) is 9.33. The SMILES string of the molecule is CCc1ccc(CSC#N)cc1. The minimum atomic E-state index is 0.792. The molecule has 0 atom stereocenters. The zero-order valence-corrected chi connectivity index (χ0v) is 7.90. The molecular weight excluding hydrogens is 166 g/mol. The Hall–Kier alpha value is -0.940. The van der Waals surface area contributed by atoms with Gasteiger partial charge in [0.05, 0.1) is 0 Å². The summed E-state index contributed by atoms with van der Waals surface area (Å²) in [5.41, 5.74) is 2.57. The van der Waals surface area contributed by atoms with Gasteiger partial charge in [-0.15, -0.1) is 0 Å². The number of hydrogen-bond donors (Lipinski definition) is 0. The van der Waals surface area contributed by atoms with Crippen molar-refractivity contribution in [3.05, 3.63) is 35.4 Å². The number of thiocyanates is 1. The Balaban J connectivity index is 2.60. The molecule has 0 bridgehead atoms. The van der Waals surface area contributed by atoms with Crippen molar-refractivity contribution in [3.63, 3.8) is 0 Å². The second kappa shape index (κ2) is 4.84. The van der Waals surface area contributed by atoms with E-state index in [4.69, 9.17) is 5.26 Å².